The lowest BCUT2D eigenvalue weighted by Gasteiger charge is -2.41. The number of benzene rings is 2. The van der Waals surface area contributed by atoms with Gasteiger partial charge in [0.15, 0.2) is 0 Å². The van der Waals surface area contributed by atoms with E-state index in [1.807, 2.05) is 37.4 Å². The van der Waals surface area contributed by atoms with Crippen molar-refractivity contribution in [3.63, 3.8) is 0 Å². The van der Waals surface area contributed by atoms with E-state index in [1.165, 1.54) is 0 Å². The third kappa shape index (κ3) is 5.70. The van der Waals surface area contributed by atoms with Crippen LogP contribution in [0.5, 0.6) is 0 Å². The van der Waals surface area contributed by atoms with Crippen molar-refractivity contribution < 1.29 is 26.3 Å². The molecule has 0 N–H and O–H groups in total. The molecule has 178 valence electrons. The van der Waals surface area contributed by atoms with Crippen molar-refractivity contribution in [2.24, 2.45) is 5.92 Å². The highest BCUT2D eigenvalue weighted by atomic mass is 19.4. The van der Waals surface area contributed by atoms with Crippen LogP contribution >= 0.6 is 0 Å². The van der Waals surface area contributed by atoms with Crippen LogP contribution in [-0.2, 0) is 24.3 Å². The van der Waals surface area contributed by atoms with Crippen LogP contribution in [0.3, 0.4) is 0 Å². The Balaban J connectivity index is 1.86. The van der Waals surface area contributed by atoms with E-state index in [1.54, 1.807) is 0 Å². The topological polar surface area (TPSA) is 27.0 Å². The van der Waals surface area contributed by atoms with Crippen LogP contribution in [0, 0.1) is 17.2 Å². The van der Waals surface area contributed by atoms with E-state index in [-0.39, 0.29) is 17.9 Å². The molecule has 1 fully saturated rings. The molecular weight excluding hydrogens is 442 g/mol. The average molecular weight is 468 g/mol. The number of nitrogens with zero attached hydrogens (tertiary/aromatic N) is 2. The first kappa shape index (κ1) is 25.1. The summed E-state index contributed by atoms with van der Waals surface area (Å²) in [7, 11) is 1.92. The van der Waals surface area contributed by atoms with Crippen molar-refractivity contribution in [3.8, 4) is 6.07 Å². The molecule has 33 heavy (non-hydrogen) atoms. The van der Waals surface area contributed by atoms with Gasteiger partial charge in [-0.05, 0) is 68.5 Å². The van der Waals surface area contributed by atoms with Gasteiger partial charge in [-0.1, -0.05) is 42.8 Å². The molecule has 0 spiro atoms. The molecular formula is C25H26F6N2. The molecule has 0 bridgehead atoms. The van der Waals surface area contributed by atoms with Crippen LogP contribution in [0.1, 0.15) is 54.4 Å². The number of hydrogen-bond acceptors (Lipinski definition) is 2. The number of nitriles is 1. The van der Waals surface area contributed by atoms with Gasteiger partial charge in [0.1, 0.15) is 0 Å². The highest BCUT2D eigenvalue weighted by Crippen LogP contribution is 2.49. The van der Waals surface area contributed by atoms with Crippen LogP contribution in [-0.4, -0.2) is 18.5 Å². The summed E-state index contributed by atoms with van der Waals surface area (Å²) in [5.74, 6) is -0.167. The zero-order valence-electron chi connectivity index (χ0n) is 18.3. The quantitative estimate of drug-likeness (QED) is 0.383. The summed E-state index contributed by atoms with van der Waals surface area (Å²) in [6, 6.07) is 14.1. The first-order valence-corrected chi connectivity index (χ1v) is 10.9. The molecule has 0 saturated heterocycles. The van der Waals surface area contributed by atoms with Crippen molar-refractivity contribution in [1.29, 1.82) is 5.26 Å². The van der Waals surface area contributed by atoms with Gasteiger partial charge in [-0.15, -0.1) is 0 Å². The molecule has 1 atom stereocenters. The van der Waals surface area contributed by atoms with Crippen molar-refractivity contribution in [3.05, 3.63) is 70.8 Å². The van der Waals surface area contributed by atoms with E-state index >= 15 is 0 Å². The molecule has 1 unspecified atom stereocenters. The van der Waals surface area contributed by atoms with Gasteiger partial charge in [-0.2, -0.15) is 31.6 Å². The van der Waals surface area contributed by atoms with Gasteiger partial charge in [-0.3, -0.25) is 0 Å². The van der Waals surface area contributed by atoms with E-state index in [9.17, 15) is 31.6 Å². The lowest BCUT2D eigenvalue weighted by Crippen LogP contribution is -2.39. The third-order valence-electron chi connectivity index (χ3n) is 6.55. The summed E-state index contributed by atoms with van der Waals surface area (Å²) in [5.41, 5.74) is -3.55. The Morgan fingerprint density at radius 1 is 0.939 bits per heavy atom. The molecule has 0 aliphatic heterocycles. The summed E-state index contributed by atoms with van der Waals surface area (Å²) in [6.45, 7) is 1.29. The van der Waals surface area contributed by atoms with E-state index in [4.69, 9.17) is 0 Å². The second-order valence-corrected chi connectivity index (χ2v) is 8.79. The molecule has 1 aliphatic carbocycles. The fourth-order valence-electron chi connectivity index (χ4n) is 4.60. The van der Waals surface area contributed by atoms with Crippen molar-refractivity contribution >= 4 is 0 Å². The normalized spacial score (nSPS) is 16.8. The summed E-state index contributed by atoms with van der Waals surface area (Å²) in [5, 5.41) is 10.1. The van der Waals surface area contributed by atoms with E-state index in [2.05, 4.69) is 11.0 Å². The molecule has 0 heterocycles. The Morgan fingerprint density at radius 3 is 2.09 bits per heavy atom. The molecule has 3 rings (SSSR count). The predicted octanol–water partition coefficient (Wildman–Crippen LogP) is 7.20. The molecule has 0 amide bonds. The Hall–Kier alpha value is -2.53. The standard InChI is InChI=1S/C25H26F6N2/c1-33(16-18-7-3-2-4-8-18)14-6-13-23(17-32,19-9-5-10-19)20-11-12-21(24(26,27)28)22(15-20)25(29,30)31/h2-4,7-8,11-12,15,19H,5-6,9-10,13-14,16H2,1H3. The smallest absolute Gasteiger partial charge is 0.302 e. The molecule has 1 aliphatic rings. The molecule has 0 radical (unpaired) electrons. The first-order valence-electron chi connectivity index (χ1n) is 10.9. The van der Waals surface area contributed by atoms with Crippen LogP contribution in [0.4, 0.5) is 26.3 Å². The lowest BCUT2D eigenvalue weighted by molar-refractivity contribution is -0.162. The maximum Gasteiger partial charge on any atom is 0.417 e. The Labute approximate surface area is 189 Å². The average Bonchev–Trinajstić information content (AvgIpc) is 2.70. The van der Waals surface area contributed by atoms with Gasteiger partial charge in [0.25, 0.3) is 0 Å². The molecule has 0 aromatic heterocycles. The second kappa shape index (κ2) is 9.76. The van der Waals surface area contributed by atoms with Gasteiger partial charge < -0.3 is 4.90 Å². The maximum atomic E-state index is 13.5. The number of hydrogen-bond donors (Lipinski definition) is 0. The highest BCUT2D eigenvalue weighted by molar-refractivity contribution is 5.43. The monoisotopic (exact) mass is 468 g/mol. The zero-order chi connectivity index (χ0) is 24.3. The summed E-state index contributed by atoms with van der Waals surface area (Å²) < 4.78 is 80.2. The molecule has 2 aromatic rings. The van der Waals surface area contributed by atoms with Crippen molar-refractivity contribution in [2.75, 3.05) is 13.6 Å². The lowest BCUT2D eigenvalue weighted by atomic mass is 9.60. The SMILES string of the molecule is CN(CCCC(C#N)(c1ccc(C(F)(F)F)c(C(F)(F)F)c1)C1CCC1)Cc1ccccc1. The molecule has 1 saturated carbocycles. The zero-order valence-corrected chi connectivity index (χ0v) is 18.3. The highest BCUT2D eigenvalue weighted by Gasteiger charge is 2.47. The molecule has 8 heteroatoms. The first-order chi connectivity index (χ1) is 15.5. The van der Waals surface area contributed by atoms with Gasteiger partial charge in [-0.25, -0.2) is 0 Å². The Bertz CT molecular complexity index is 973. The van der Waals surface area contributed by atoms with Crippen LogP contribution in [0.25, 0.3) is 0 Å². The van der Waals surface area contributed by atoms with Crippen LogP contribution < -0.4 is 0 Å². The minimum atomic E-state index is -5.17. The summed E-state index contributed by atoms with van der Waals surface area (Å²) in [4.78, 5) is 2.06. The second-order valence-electron chi connectivity index (χ2n) is 8.79. The van der Waals surface area contributed by atoms with Crippen LogP contribution in [0.2, 0.25) is 0 Å². The van der Waals surface area contributed by atoms with E-state index in [0.717, 1.165) is 18.1 Å². The Morgan fingerprint density at radius 2 is 1.58 bits per heavy atom. The predicted molar refractivity (Wildman–Crippen MR) is 113 cm³/mol. The maximum absolute atomic E-state index is 13.5. The largest absolute Gasteiger partial charge is 0.417 e. The van der Waals surface area contributed by atoms with E-state index < -0.39 is 28.9 Å². The minimum Gasteiger partial charge on any atom is -0.302 e. The number of alkyl halides is 6. The van der Waals surface area contributed by atoms with Gasteiger partial charge >= 0.3 is 12.4 Å². The van der Waals surface area contributed by atoms with Crippen LogP contribution in [0.15, 0.2) is 48.5 Å². The van der Waals surface area contributed by atoms with Gasteiger partial charge in [0, 0.05) is 6.54 Å². The van der Waals surface area contributed by atoms with Gasteiger partial charge in [0.05, 0.1) is 22.6 Å². The number of halogens is 6. The van der Waals surface area contributed by atoms with Crippen molar-refractivity contribution in [1.82, 2.24) is 4.90 Å². The Kier molecular flexibility index (Phi) is 7.42. The minimum absolute atomic E-state index is 0.0285. The third-order valence-corrected chi connectivity index (χ3v) is 6.55. The summed E-state index contributed by atoms with van der Waals surface area (Å²) in [6.07, 6.45) is -7.26. The number of rotatable bonds is 8. The molecule has 2 aromatic carbocycles. The molecule has 2 nitrogen and oxygen atoms in total. The fraction of sp³-hybridized carbons (Fsp3) is 0.480. The fourth-order valence-corrected chi connectivity index (χ4v) is 4.60. The van der Waals surface area contributed by atoms with Gasteiger partial charge in [0.2, 0.25) is 0 Å². The van der Waals surface area contributed by atoms with E-state index in [0.29, 0.717) is 44.5 Å². The summed E-state index contributed by atoms with van der Waals surface area (Å²) >= 11 is 0. The van der Waals surface area contributed by atoms with Crippen molar-refractivity contribution in [2.45, 2.75) is 56.4 Å².